The van der Waals surface area contributed by atoms with E-state index in [2.05, 4.69) is 4.74 Å². The van der Waals surface area contributed by atoms with Crippen LogP contribution in [0.5, 0.6) is 0 Å². The Labute approximate surface area is 63.9 Å². The van der Waals surface area contributed by atoms with Crippen LogP contribution in [0.3, 0.4) is 0 Å². The summed E-state index contributed by atoms with van der Waals surface area (Å²) in [5.74, 6) is 0.451. The van der Waals surface area contributed by atoms with E-state index in [4.69, 9.17) is 11.6 Å². The van der Waals surface area contributed by atoms with Gasteiger partial charge in [-0.1, -0.05) is 18.5 Å². The van der Waals surface area contributed by atoms with Crippen molar-refractivity contribution < 1.29 is 9.53 Å². The first-order valence-electron chi connectivity index (χ1n) is 2.55. The number of halogens is 1. The van der Waals surface area contributed by atoms with Crippen LogP contribution in [0.4, 0.5) is 0 Å². The summed E-state index contributed by atoms with van der Waals surface area (Å²) in [6.07, 6.45) is 0. The molecule has 0 N–H and O–H groups in total. The fourth-order valence-electron chi connectivity index (χ4n) is 0.307. The van der Waals surface area contributed by atoms with Crippen molar-refractivity contribution >= 4 is 29.3 Å². The fourth-order valence-corrected chi connectivity index (χ4v) is 1.30. The Bertz CT molecular complexity index is 97.0. The highest BCUT2D eigenvalue weighted by atomic mass is 35.5. The van der Waals surface area contributed by atoms with E-state index in [9.17, 15) is 4.79 Å². The minimum atomic E-state index is -0.542. The number of rotatable bonds is 3. The third kappa shape index (κ3) is 3.65. The van der Waals surface area contributed by atoms with Gasteiger partial charge in [0, 0.05) is 0 Å². The summed E-state index contributed by atoms with van der Waals surface area (Å²) in [5.41, 5.74) is 0. The monoisotopic (exact) mass is 168 g/mol. The molecule has 0 fully saturated rings. The van der Waals surface area contributed by atoms with Gasteiger partial charge in [-0.3, -0.25) is 0 Å². The Hall–Kier alpha value is 0.110. The van der Waals surface area contributed by atoms with E-state index >= 15 is 0 Å². The average molecular weight is 169 g/mol. The van der Waals surface area contributed by atoms with Crippen molar-refractivity contribution in [2.45, 2.75) is 11.6 Å². The molecule has 0 rings (SSSR count). The molecular formula is C5H9ClO2S. The normalized spacial score (nSPS) is 12.8. The number of esters is 1. The lowest BCUT2D eigenvalue weighted by Crippen LogP contribution is -2.12. The van der Waals surface area contributed by atoms with E-state index in [1.54, 1.807) is 0 Å². The number of thioether (sulfide) groups is 1. The zero-order chi connectivity index (χ0) is 7.28. The largest absolute Gasteiger partial charge is 0.467 e. The summed E-state index contributed by atoms with van der Waals surface area (Å²) >= 11 is 6.87. The summed E-state index contributed by atoms with van der Waals surface area (Å²) in [5, 5.41) is 0. The van der Waals surface area contributed by atoms with Gasteiger partial charge in [0.05, 0.1) is 7.11 Å². The summed E-state index contributed by atoms with van der Waals surface area (Å²) in [7, 11) is 1.33. The molecular weight excluding hydrogens is 160 g/mol. The molecule has 0 spiro atoms. The molecule has 4 heteroatoms. The van der Waals surface area contributed by atoms with Crippen molar-refractivity contribution in [1.29, 1.82) is 0 Å². The molecule has 9 heavy (non-hydrogen) atoms. The molecule has 54 valence electrons. The topological polar surface area (TPSA) is 26.3 Å². The van der Waals surface area contributed by atoms with E-state index < -0.39 is 4.71 Å². The molecule has 0 bridgehead atoms. The number of methoxy groups -OCH3 is 1. The molecule has 0 saturated heterocycles. The van der Waals surface area contributed by atoms with Crippen molar-refractivity contribution in [3.05, 3.63) is 0 Å². The first kappa shape index (κ1) is 9.11. The maximum Gasteiger partial charge on any atom is 0.334 e. The van der Waals surface area contributed by atoms with Crippen LogP contribution < -0.4 is 0 Å². The SMILES string of the molecule is CCSC(Cl)C(=O)OC. The van der Waals surface area contributed by atoms with Gasteiger partial charge in [0.2, 0.25) is 0 Å². The first-order valence-corrected chi connectivity index (χ1v) is 4.04. The average Bonchev–Trinajstić information content (AvgIpc) is 1.87. The Balaban J connectivity index is 3.45. The van der Waals surface area contributed by atoms with Crippen LogP contribution in [0.1, 0.15) is 6.92 Å². The Morgan fingerprint density at radius 3 is 2.78 bits per heavy atom. The van der Waals surface area contributed by atoms with Gasteiger partial charge in [-0.25, -0.2) is 4.79 Å². The van der Waals surface area contributed by atoms with Gasteiger partial charge in [0.25, 0.3) is 0 Å². The zero-order valence-corrected chi connectivity index (χ0v) is 6.96. The summed E-state index contributed by atoms with van der Waals surface area (Å²) in [4.78, 5) is 10.5. The highest BCUT2D eigenvalue weighted by Gasteiger charge is 2.13. The van der Waals surface area contributed by atoms with Crippen molar-refractivity contribution in [2.75, 3.05) is 12.9 Å². The molecule has 0 aromatic rings. The molecule has 0 aliphatic heterocycles. The number of hydrogen-bond acceptors (Lipinski definition) is 3. The second-order valence-electron chi connectivity index (χ2n) is 1.29. The van der Waals surface area contributed by atoms with Gasteiger partial charge in [-0.05, 0) is 5.75 Å². The van der Waals surface area contributed by atoms with Gasteiger partial charge in [-0.15, -0.1) is 11.8 Å². The molecule has 0 aromatic carbocycles. The summed E-state index contributed by atoms with van der Waals surface area (Å²) in [6, 6.07) is 0. The molecule has 1 atom stereocenters. The van der Waals surface area contributed by atoms with E-state index in [0.29, 0.717) is 0 Å². The summed E-state index contributed by atoms with van der Waals surface area (Å²) < 4.78 is 3.83. The lowest BCUT2D eigenvalue weighted by atomic mass is 10.8. The van der Waals surface area contributed by atoms with Crippen LogP contribution >= 0.6 is 23.4 Å². The highest BCUT2D eigenvalue weighted by Crippen LogP contribution is 2.15. The van der Waals surface area contributed by atoms with Crippen molar-refractivity contribution in [3.63, 3.8) is 0 Å². The number of ether oxygens (including phenoxy) is 1. The van der Waals surface area contributed by atoms with Gasteiger partial charge in [-0.2, -0.15) is 0 Å². The fraction of sp³-hybridized carbons (Fsp3) is 0.800. The van der Waals surface area contributed by atoms with Crippen molar-refractivity contribution in [3.8, 4) is 0 Å². The Kier molecular flexibility index (Phi) is 5.00. The Morgan fingerprint density at radius 1 is 1.89 bits per heavy atom. The van der Waals surface area contributed by atoms with Gasteiger partial charge < -0.3 is 4.74 Å². The van der Waals surface area contributed by atoms with E-state index in [-0.39, 0.29) is 5.97 Å². The molecule has 1 unspecified atom stereocenters. The molecule has 2 nitrogen and oxygen atoms in total. The number of hydrogen-bond donors (Lipinski definition) is 0. The van der Waals surface area contributed by atoms with Crippen LogP contribution in [-0.2, 0) is 9.53 Å². The van der Waals surface area contributed by atoms with Gasteiger partial charge >= 0.3 is 5.97 Å². The van der Waals surface area contributed by atoms with Crippen LogP contribution in [0.2, 0.25) is 0 Å². The summed E-state index contributed by atoms with van der Waals surface area (Å²) in [6.45, 7) is 1.93. The second-order valence-corrected chi connectivity index (χ2v) is 3.37. The lowest BCUT2D eigenvalue weighted by molar-refractivity contribution is -0.138. The maximum atomic E-state index is 10.5. The Morgan fingerprint density at radius 2 is 2.44 bits per heavy atom. The van der Waals surface area contributed by atoms with Crippen molar-refractivity contribution in [2.24, 2.45) is 0 Å². The van der Waals surface area contributed by atoms with Crippen LogP contribution in [0.15, 0.2) is 0 Å². The van der Waals surface area contributed by atoms with Gasteiger partial charge in [0.1, 0.15) is 0 Å². The van der Waals surface area contributed by atoms with Crippen LogP contribution in [0.25, 0.3) is 0 Å². The van der Waals surface area contributed by atoms with Crippen molar-refractivity contribution in [1.82, 2.24) is 0 Å². The minimum Gasteiger partial charge on any atom is -0.467 e. The second kappa shape index (κ2) is 4.94. The number of alkyl halides is 1. The highest BCUT2D eigenvalue weighted by molar-refractivity contribution is 8.01. The predicted octanol–water partition coefficient (Wildman–Crippen LogP) is 1.48. The molecule has 0 radical (unpaired) electrons. The first-order chi connectivity index (χ1) is 4.22. The third-order valence-electron chi connectivity index (χ3n) is 0.699. The molecule has 0 saturated carbocycles. The maximum absolute atomic E-state index is 10.5. The van der Waals surface area contributed by atoms with E-state index in [1.165, 1.54) is 18.9 Å². The number of carbonyl (C=O) groups is 1. The molecule has 0 heterocycles. The van der Waals surface area contributed by atoms with E-state index in [1.807, 2.05) is 6.92 Å². The number of carbonyl (C=O) groups excluding carboxylic acids is 1. The van der Waals surface area contributed by atoms with Crippen LogP contribution in [-0.4, -0.2) is 23.5 Å². The third-order valence-corrected chi connectivity index (χ3v) is 2.07. The van der Waals surface area contributed by atoms with Crippen LogP contribution in [0, 0.1) is 0 Å². The zero-order valence-electron chi connectivity index (χ0n) is 5.39. The molecule has 0 aliphatic rings. The van der Waals surface area contributed by atoms with Gasteiger partial charge in [0.15, 0.2) is 4.71 Å². The lowest BCUT2D eigenvalue weighted by Gasteiger charge is -2.02. The quantitative estimate of drug-likeness (QED) is 0.472. The minimum absolute atomic E-state index is 0.372. The molecule has 0 aliphatic carbocycles. The predicted molar refractivity (Wildman–Crippen MR) is 39.8 cm³/mol. The van der Waals surface area contributed by atoms with E-state index in [0.717, 1.165) is 5.75 Å². The smallest absolute Gasteiger partial charge is 0.334 e. The standard InChI is InChI=1S/C5H9ClO2S/c1-3-9-4(6)5(7)8-2/h4H,3H2,1-2H3. The molecule has 0 aromatic heterocycles. The molecule has 0 amide bonds.